The summed E-state index contributed by atoms with van der Waals surface area (Å²) in [6.45, 7) is 0. The average Bonchev–Trinajstić information content (AvgIpc) is 2.50. The van der Waals surface area contributed by atoms with Gasteiger partial charge >= 0.3 is 6.23 Å². The molecule has 0 saturated carbocycles. The highest BCUT2D eigenvalue weighted by atomic mass is 32.1. The molecule has 4 bridgehead atoms. The van der Waals surface area contributed by atoms with E-state index in [-0.39, 0.29) is 6.23 Å². The Morgan fingerprint density at radius 3 is 3.33 bits per heavy atom. The molecule has 3 nitrogen and oxygen atoms in total. The van der Waals surface area contributed by atoms with Crippen molar-refractivity contribution in [1.29, 1.82) is 0 Å². The zero-order chi connectivity index (χ0) is 5.84. The molecule has 0 fully saturated rings. The normalized spacial score (nSPS) is 25.1. The molecule has 3 heterocycles. The molecular formula is C5H3N2OS+. The monoisotopic (exact) mass is 139 g/mol. The maximum absolute atomic E-state index is 5.32. The van der Waals surface area contributed by atoms with E-state index >= 15 is 0 Å². The molecule has 2 aliphatic rings. The molecule has 0 aliphatic carbocycles. The fraction of sp³-hybridized carbons (Fsp3) is 0.200. The second-order valence-corrected chi connectivity index (χ2v) is 2.96. The molecule has 9 heavy (non-hydrogen) atoms. The highest BCUT2D eigenvalue weighted by Gasteiger charge is 2.41. The molecule has 2 aliphatic heterocycles. The quantitative estimate of drug-likeness (QED) is 0.552. The number of nitrogens with one attached hydrogen (secondary N) is 1. The lowest BCUT2D eigenvalue weighted by molar-refractivity contribution is -0.609. The van der Waals surface area contributed by atoms with Gasteiger partial charge in [-0.2, -0.15) is 0 Å². The van der Waals surface area contributed by atoms with Gasteiger partial charge in [0, 0.05) is 10.5 Å². The van der Waals surface area contributed by atoms with E-state index < -0.39 is 0 Å². The van der Waals surface area contributed by atoms with Gasteiger partial charge in [-0.3, -0.25) is 0 Å². The average molecular weight is 139 g/mol. The molecule has 1 atom stereocenters. The summed E-state index contributed by atoms with van der Waals surface area (Å²) >= 11 is 1.71. The highest BCUT2D eigenvalue weighted by molar-refractivity contribution is 7.11. The summed E-state index contributed by atoms with van der Waals surface area (Å²) in [6, 6.07) is 0. The number of hydrogen-bond acceptors (Lipinski definition) is 3. The van der Waals surface area contributed by atoms with Gasteiger partial charge in [-0.05, 0) is 0 Å². The van der Waals surface area contributed by atoms with E-state index in [0.29, 0.717) is 0 Å². The fourth-order valence-corrected chi connectivity index (χ4v) is 2.00. The molecule has 1 aromatic rings. The molecule has 4 heteroatoms. The SMILES string of the molecule is c1sc2c3c1OC2[NH+]=N3. The Labute approximate surface area is 55.0 Å². The molecule has 1 aromatic heterocycles. The van der Waals surface area contributed by atoms with Gasteiger partial charge < -0.3 is 4.74 Å². The number of thiophene rings is 1. The Hall–Kier alpha value is -0.900. The zero-order valence-corrected chi connectivity index (χ0v) is 5.23. The Bertz CT molecular complexity index is 304. The lowest BCUT2D eigenvalue weighted by atomic mass is 10.4. The minimum Gasteiger partial charge on any atom is -0.424 e. The third-order valence-corrected chi connectivity index (χ3v) is 2.53. The van der Waals surface area contributed by atoms with Crippen LogP contribution in [-0.4, -0.2) is 0 Å². The summed E-state index contributed by atoms with van der Waals surface area (Å²) in [7, 11) is 0. The van der Waals surface area contributed by atoms with Gasteiger partial charge in [-0.1, -0.05) is 5.11 Å². The second kappa shape index (κ2) is 1.02. The number of azo groups is 1. The van der Waals surface area contributed by atoms with Crippen molar-refractivity contribution in [2.24, 2.45) is 5.11 Å². The first-order valence-electron chi connectivity index (χ1n) is 2.69. The largest absolute Gasteiger partial charge is 0.424 e. The molecule has 0 saturated heterocycles. The van der Waals surface area contributed by atoms with Crippen LogP contribution in [0.25, 0.3) is 0 Å². The van der Waals surface area contributed by atoms with E-state index in [1.54, 1.807) is 11.3 Å². The van der Waals surface area contributed by atoms with E-state index in [0.717, 1.165) is 11.4 Å². The van der Waals surface area contributed by atoms with Crippen LogP contribution >= 0.6 is 11.3 Å². The van der Waals surface area contributed by atoms with Crippen molar-refractivity contribution in [3.05, 3.63) is 10.3 Å². The van der Waals surface area contributed by atoms with Crippen molar-refractivity contribution in [1.82, 2.24) is 0 Å². The van der Waals surface area contributed by atoms with Gasteiger partial charge in [-0.25, -0.2) is 0 Å². The zero-order valence-electron chi connectivity index (χ0n) is 4.42. The maximum Gasteiger partial charge on any atom is 0.357 e. The van der Waals surface area contributed by atoms with E-state index in [9.17, 15) is 0 Å². The van der Waals surface area contributed by atoms with Crippen molar-refractivity contribution in [3.8, 4) is 5.75 Å². The van der Waals surface area contributed by atoms with Crippen LogP contribution in [0.15, 0.2) is 10.5 Å². The second-order valence-electron chi connectivity index (χ2n) is 2.05. The first-order valence-corrected chi connectivity index (χ1v) is 3.57. The number of hydrogen-bond donors (Lipinski definition) is 1. The molecule has 0 amide bonds. The van der Waals surface area contributed by atoms with Gasteiger partial charge in [0.25, 0.3) is 0 Å². The topological polar surface area (TPSA) is 35.6 Å². The fourth-order valence-electron chi connectivity index (χ4n) is 1.12. The predicted octanol–water partition coefficient (Wildman–Crippen LogP) is 0.317. The molecule has 0 radical (unpaired) electrons. The molecule has 1 unspecified atom stereocenters. The van der Waals surface area contributed by atoms with Crippen molar-refractivity contribution in [3.63, 3.8) is 0 Å². The van der Waals surface area contributed by atoms with E-state index in [1.165, 1.54) is 4.88 Å². The van der Waals surface area contributed by atoms with Crippen molar-refractivity contribution in [2.45, 2.75) is 6.23 Å². The maximum atomic E-state index is 5.32. The highest BCUT2D eigenvalue weighted by Crippen LogP contribution is 2.48. The lowest BCUT2D eigenvalue weighted by Crippen LogP contribution is -2.67. The molecule has 0 spiro atoms. The van der Waals surface area contributed by atoms with Crippen LogP contribution in [0.1, 0.15) is 11.1 Å². The first kappa shape index (κ1) is 4.00. The molecule has 44 valence electrons. The van der Waals surface area contributed by atoms with Gasteiger partial charge in [0.05, 0.1) is 0 Å². The molecule has 3 rings (SSSR count). The Morgan fingerprint density at radius 1 is 1.78 bits per heavy atom. The predicted molar refractivity (Wildman–Crippen MR) is 30.7 cm³/mol. The third-order valence-electron chi connectivity index (χ3n) is 1.54. The van der Waals surface area contributed by atoms with Gasteiger partial charge in [-0.15, -0.1) is 11.3 Å². The minimum absolute atomic E-state index is 0.0602. The Kier molecular flexibility index (Phi) is 0.453. The summed E-state index contributed by atoms with van der Waals surface area (Å²) in [5, 5.41) is 8.89. The smallest absolute Gasteiger partial charge is 0.357 e. The van der Waals surface area contributed by atoms with Gasteiger partial charge in [0.1, 0.15) is 0 Å². The van der Waals surface area contributed by atoms with Gasteiger partial charge in [0.2, 0.25) is 0 Å². The standard InChI is InChI=1S/C5H2N2OS/c1-2-3-4(9-1)5(8-2)7-6-3/h1,5H/p+1. The van der Waals surface area contributed by atoms with E-state index in [1.807, 2.05) is 5.38 Å². The van der Waals surface area contributed by atoms with Crippen molar-refractivity contribution in [2.75, 3.05) is 0 Å². The van der Waals surface area contributed by atoms with Crippen LogP contribution in [0.5, 0.6) is 5.75 Å². The summed E-state index contributed by atoms with van der Waals surface area (Å²) in [6.07, 6.45) is 0.0602. The van der Waals surface area contributed by atoms with E-state index in [2.05, 4.69) is 10.2 Å². The summed E-state index contributed by atoms with van der Waals surface area (Å²) in [5.41, 5.74) is 1.02. The lowest BCUT2D eigenvalue weighted by Gasteiger charge is -2.00. The van der Waals surface area contributed by atoms with Crippen molar-refractivity contribution < 1.29 is 9.85 Å². The summed E-state index contributed by atoms with van der Waals surface area (Å²) in [5.74, 6) is 0.943. The summed E-state index contributed by atoms with van der Waals surface area (Å²) < 4.78 is 5.32. The van der Waals surface area contributed by atoms with Crippen LogP contribution in [0.3, 0.4) is 0 Å². The van der Waals surface area contributed by atoms with Crippen LogP contribution in [0, 0.1) is 0 Å². The van der Waals surface area contributed by atoms with Gasteiger partial charge in [0.15, 0.2) is 16.3 Å². The number of ether oxygens (including phenoxy) is 1. The van der Waals surface area contributed by atoms with Crippen molar-refractivity contribution >= 4 is 17.0 Å². The number of nitrogens with zero attached hydrogens (tertiary/aromatic N) is 1. The summed E-state index contributed by atoms with van der Waals surface area (Å²) in [4.78, 5) is 1.23. The Balaban J connectivity index is 2.52. The molecular weight excluding hydrogens is 136 g/mol. The molecule has 1 N–H and O–H groups in total. The van der Waals surface area contributed by atoms with Crippen LogP contribution in [0.4, 0.5) is 5.69 Å². The first-order chi connectivity index (χ1) is 4.45. The van der Waals surface area contributed by atoms with Crippen LogP contribution in [-0.2, 0) is 0 Å². The minimum atomic E-state index is 0.0602. The van der Waals surface area contributed by atoms with Crippen LogP contribution in [0.2, 0.25) is 0 Å². The third kappa shape index (κ3) is 0.293. The Morgan fingerprint density at radius 2 is 2.78 bits per heavy atom. The number of rotatable bonds is 0. The molecule has 0 aromatic carbocycles. The van der Waals surface area contributed by atoms with Crippen LogP contribution < -0.4 is 9.85 Å². The van der Waals surface area contributed by atoms with E-state index in [4.69, 9.17) is 4.74 Å².